The molecule has 0 radical (unpaired) electrons. The molecule has 108 valence electrons. The lowest BCUT2D eigenvalue weighted by Gasteiger charge is -2.22. The second-order valence-electron chi connectivity index (χ2n) is 5.96. The molecule has 20 heavy (non-hydrogen) atoms. The first-order valence-electron chi connectivity index (χ1n) is 6.71. The summed E-state index contributed by atoms with van der Waals surface area (Å²) in [5, 5.41) is 5.61. The van der Waals surface area contributed by atoms with Gasteiger partial charge in [-0.25, -0.2) is 4.79 Å². The zero-order valence-electron chi connectivity index (χ0n) is 12.0. The Morgan fingerprint density at radius 2 is 2.00 bits per heavy atom. The summed E-state index contributed by atoms with van der Waals surface area (Å²) in [6.07, 6.45) is 0.358. The summed E-state index contributed by atoms with van der Waals surface area (Å²) in [5.41, 5.74) is 1.28. The monoisotopic (exact) mass is 276 g/mol. The lowest BCUT2D eigenvalue weighted by atomic mass is 10.0. The molecule has 5 nitrogen and oxygen atoms in total. The molecule has 0 aliphatic carbocycles. The van der Waals surface area contributed by atoms with E-state index < -0.39 is 11.7 Å². The van der Waals surface area contributed by atoms with Gasteiger partial charge in [0.2, 0.25) is 5.91 Å². The van der Waals surface area contributed by atoms with E-state index in [9.17, 15) is 9.59 Å². The van der Waals surface area contributed by atoms with Crippen LogP contribution < -0.4 is 10.6 Å². The van der Waals surface area contributed by atoms with Gasteiger partial charge >= 0.3 is 6.09 Å². The molecular weight excluding hydrogens is 256 g/mol. The highest BCUT2D eigenvalue weighted by molar-refractivity contribution is 5.93. The number of fused-ring (bicyclic) bond motifs is 1. The molecule has 1 heterocycles. The van der Waals surface area contributed by atoms with Gasteiger partial charge in [-0.3, -0.25) is 4.79 Å². The van der Waals surface area contributed by atoms with E-state index in [1.165, 1.54) is 0 Å². The fourth-order valence-corrected chi connectivity index (χ4v) is 2.16. The summed E-state index contributed by atoms with van der Waals surface area (Å²) in [6.45, 7) is 5.42. The third-order valence-corrected chi connectivity index (χ3v) is 2.91. The van der Waals surface area contributed by atoms with Crippen LogP contribution in [0.5, 0.6) is 0 Å². The Hall–Kier alpha value is -2.04. The number of hydrogen-bond donors (Lipinski definition) is 2. The SMILES string of the molecule is CC(C)(C)OC(=O)N[C@@H]1CC(=O)Nc2ccccc2C1. The van der Waals surface area contributed by atoms with Crippen molar-refractivity contribution in [2.45, 2.75) is 45.3 Å². The van der Waals surface area contributed by atoms with Crippen LogP contribution in [-0.4, -0.2) is 23.6 Å². The van der Waals surface area contributed by atoms with Gasteiger partial charge in [0, 0.05) is 18.2 Å². The fourth-order valence-electron chi connectivity index (χ4n) is 2.16. The number of hydrogen-bond acceptors (Lipinski definition) is 3. The largest absolute Gasteiger partial charge is 0.444 e. The van der Waals surface area contributed by atoms with E-state index in [0.29, 0.717) is 6.42 Å². The minimum Gasteiger partial charge on any atom is -0.444 e. The predicted molar refractivity (Wildman–Crippen MR) is 76.6 cm³/mol. The highest BCUT2D eigenvalue weighted by atomic mass is 16.6. The van der Waals surface area contributed by atoms with Crippen molar-refractivity contribution < 1.29 is 14.3 Å². The third kappa shape index (κ3) is 3.98. The average molecular weight is 276 g/mol. The molecule has 5 heteroatoms. The van der Waals surface area contributed by atoms with Gasteiger partial charge in [-0.15, -0.1) is 0 Å². The molecule has 0 aromatic heterocycles. The number of benzene rings is 1. The van der Waals surface area contributed by atoms with Gasteiger partial charge in [0.1, 0.15) is 5.60 Å². The first kappa shape index (κ1) is 14.4. The summed E-state index contributed by atoms with van der Waals surface area (Å²) in [6, 6.07) is 7.35. The van der Waals surface area contributed by atoms with Crippen molar-refractivity contribution in [2.24, 2.45) is 0 Å². The first-order valence-corrected chi connectivity index (χ1v) is 6.71. The molecule has 1 aliphatic rings. The van der Waals surface area contributed by atoms with Crippen LogP contribution >= 0.6 is 0 Å². The van der Waals surface area contributed by atoms with E-state index in [0.717, 1.165) is 11.3 Å². The van der Waals surface area contributed by atoms with Crippen molar-refractivity contribution in [1.82, 2.24) is 5.32 Å². The quantitative estimate of drug-likeness (QED) is 0.828. The third-order valence-electron chi connectivity index (χ3n) is 2.91. The van der Waals surface area contributed by atoms with Crippen LogP contribution in [0.1, 0.15) is 32.8 Å². The van der Waals surface area contributed by atoms with E-state index in [2.05, 4.69) is 10.6 Å². The number of anilines is 1. The molecule has 0 unspecified atom stereocenters. The molecule has 2 rings (SSSR count). The lowest BCUT2D eigenvalue weighted by Crippen LogP contribution is -2.41. The zero-order chi connectivity index (χ0) is 14.8. The van der Waals surface area contributed by atoms with Crippen molar-refractivity contribution in [3.8, 4) is 0 Å². The molecule has 0 fully saturated rings. The maximum Gasteiger partial charge on any atom is 0.407 e. The minimum atomic E-state index is -0.547. The smallest absolute Gasteiger partial charge is 0.407 e. The Kier molecular flexibility index (Phi) is 3.97. The number of para-hydroxylation sites is 1. The van der Waals surface area contributed by atoms with Crippen LogP contribution in [0, 0.1) is 0 Å². The van der Waals surface area contributed by atoms with Crippen LogP contribution in [0.4, 0.5) is 10.5 Å². The van der Waals surface area contributed by atoms with Crippen LogP contribution in [0.3, 0.4) is 0 Å². The van der Waals surface area contributed by atoms with Crippen molar-refractivity contribution in [3.05, 3.63) is 29.8 Å². The normalized spacial score (nSPS) is 18.6. The summed E-state index contributed by atoms with van der Waals surface area (Å²) < 4.78 is 5.22. The van der Waals surface area contributed by atoms with Crippen LogP contribution in [-0.2, 0) is 16.0 Å². The molecule has 1 aromatic rings. The van der Waals surface area contributed by atoms with Gasteiger partial charge in [0.05, 0.1) is 0 Å². The maximum atomic E-state index is 11.8. The number of rotatable bonds is 1. The number of carbonyl (C=O) groups excluding carboxylic acids is 2. The number of ether oxygens (including phenoxy) is 1. The number of carbonyl (C=O) groups is 2. The number of alkyl carbamates (subject to hydrolysis) is 1. The van der Waals surface area contributed by atoms with Crippen LogP contribution in [0.15, 0.2) is 24.3 Å². The van der Waals surface area contributed by atoms with Gasteiger partial charge in [0.25, 0.3) is 0 Å². The Morgan fingerprint density at radius 3 is 2.70 bits per heavy atom. The van der Waals surface area contributed by atoms with Crippen molar-refractivity contribution >= 4 is 17.7 Å². The molecule has 2 N–H and O–H groups in total. The second-order valence-corrected chi connectivity index (χ2v) is 5.96. The summed E-state index contributed by atoms with van der Waals surface area (Å²) in [5.74, 6) is -0.101. The Bertz CT molecular complexity index is 520. The first-order chi connectivity index (χ1) is 9.33. The summed E-state index contributed by atoms with van der Waals surface area (Å²) in [4.78, 5) is 23.6. The summed E-state index contributed by atoms with van der Waals surface area (Å²) in [7, 11) is 0. The predicted octanol–water partition coefficient (Wildman–Crippen LogP) is 2.46. The molecule has 0 saturated carbocycles. The van der Waals surface area contributed by atoms with E-state index in [1.54, 1.807) is 0 Å². The molecule has 0 bridgehead atoms. The van der Waals surface area contributed by atoms with E-state index in [4.69, 9.17) is 4.74 Å². The van der Waals surface area contributed by atoms with Crippen LogP contribution in [0.2, 0.25) is 0 Å². The van der Waals surface area contributed by atoms with Gasteiger partial charge in [-0.1, -0.05) is 18.2 Å². The van der Waals surface area contributed by atoms with Crippen LogP contribution in [0.25, 0.3) is 0 Å². The zero-order valence-corrected chi connectivity index (χ0v) is 12.0. The molecule has 2 amide bonds. The van der Waals surface area contributed by atoms with Crippen molar-refractivity contribution in [2.75, 3.05) is 5.32 Å². The standard InChI is InChI=1S/C15H20N2O3/c1-15(2,3)20-14(19)16-11-8-10-6-4-5-7-12(10)17-13(18)9-11/h4-7,11H,8-9H2,1-3H3,(H,16,19)(H,17,18)/t11-/m0/s1. The Labute approximate surface area is 118 Å². The Balaban J connectivity index is 2.06. The molecule has 1 aromatic carbocycles. The topological polar surface area (TPSA) is 67.4 Å². The molecular formula is C15H20N2O3. The van der Waals surface area contributed by atoms with Crippen molar-refractivity contribution in [3.63, 3.8) is 0 Å². The average Bonchev–Trinajstić information content (AvgIpc) is 2.43. The number of nitrogens with one attached hydrogen (secondary N) is 2. The van der Waals surface area contributed by atoms with Gasteiger partial charge in [-0.2, -0.15) is 0 Å². The minimum absolute atomic E-state index is 0.101. The Morgan fingerprint density at radius 1 is 1.30 bits per heavy atom. The lowest BCUT2D eigenvalue weighted by molar-refractivity contribution is -0.116. The maximum absolute atomic E-state index is 11.8. The van der Waals surface area contributed by atoms with Gasteiger partial charge in [-0.05, 0) is 38.8 Å². The summed E-state index contributed by atoms with van der Waals surface area (Å²) >= 11 is 0. The number of amides is 2. The van der Waals surface area contributed by atoms with E-state index in [-0.39, 0.29) is 18.4 Å². The van der Waals surface area contributed by atoms with Crippen molar-refractivity contribution in [1.29, 1.82) is 0 Å². The van der Waals surface area contributed by atoms with E-state index >= 15 is 0 Å². The van der Waals surface area contributed by atoms with E-state index in [1.807, 2.05) is 45.0 Å². The molecule has 1 aliphatic heterocycles. The van der Waals surface area contributed by atoms with Gasteiger partial charge < -0.3 is 15.4 Å². The fraction of sp³-hybridized carbons (Fsp3) is 0.467. The highest BCUT2D eigenvalue weighted by Gasteiger charge is 2.24. The second kappa shape index (κ2) is 5.53. The molecule has 1 atom stereocenters. The highest BCUT2D eigenvalue weighted by Crippen LogP contribution is 2.21. The van der Waals surface area contributed by atoms with Gasteiger partial charge in [0.15, 0.2) is 0 Å². The molecule has 0 saturated heterocycles. The molecule has 0 spiro atoms.